The van der Waals surface area contributed by atoms with Gasteiger partial charge in [0.15, 0.2) is 5.82 Å². The van der Waals surface area contributed by atoms with Crippen LogP contribution in [0.3, 0.4) is 0 Å². The quantitative estimate of drug-likeness (QED) is 0.913. The van der Waals surface area contributed by atoms with Crippen LogP contribution in [0.2, 0.25) is 0 Å². The predicted molar refractivity (Wildman–Crippen MR) is 76.3 cm³/mol. The molecule has 0 saturated carbocycles. The Kier molecular flexibility index (Phi) is 3.70. The average molecular weight is 286 g/mol. The summed E-state index contributed by atoms with van der Waals surface area (Å²) < 4.78 is 5.18. The molecular formula is C15H18N4O2. The summed E-state index contributed by atoms with van der Waals surface area (Å²) in [7, 11) is 1.66. The van der Waals surface area contributed by atoms with Crippen molar-refractivity contribution in [2.75, 3.05) is 7.05 Å². The van der Waals surface area contributed by atoms with Crippen molar-refractivity contribution < 1.29 is 9.32 Å². The summed E-state index contributed by atoms with van der Waals surface area (Å²) in [5.74, 6) is 1.17. The van der Waals surface area contributed by atoms with Crippen LogP contribution in [0, 0.1) is 6.92 Å². The maximum atomic E-state index is 12.2. The predicted octanol–water partition coefficient (Wildman–Crippen LogP) is 1.05. The van der Waals surface area contributed by atoms with E-state index in [4.69, 9.17) is 4.52 Å². The Morgan fingerprint density at radius 3 is 2.86 bits per heavy atom. The van der Waals surface area contributed by atoms with E-state index in [9.17, 15) is 4.79 Å². The molecule has 0 bridgehead atoms. The second-order valence-electron chi connectivity index (χ2n) is 5.24. The summed E-state index contributed by atoms with van der Waals surface area (Å²) in [6, 6.07) is 8.00. The number of nitrogens with zero attached hydrogens (tertiary/aromatic N) is 3. The first-order valence-corrected chi connectivity index (χ1v) is 6.99. The van der Waals surface area contributed by atoms with Crippen LogP contribution >= 0.6 is 0 Å². The highest BCUT2D eigenvalue weighted by atomic mass is 16.5. The highest BCUT2D eigenvalue weighted by Gasteiger charge is 2.31. The molecule has 2 aromatic rings. The van der Waals surface area contributed by atoms with Gasteiger partial charge < -0.3 is 9.84 Å². The summed E-state index contributed by atoms with van der Waals surface area (Å²) in [5.41, 5.74) is 2.47. The van der Waals surface area contributed by atoms with Gasteiger partial charge in [0.25, 0.3) is 0 Å². The Morgan fingerprint density at radius 1 is 1.43 bits per heavy atom. The molecule has 1 N–H and O–H groups in total. The molecule has 0 fully saturated rings. The molecule has 0 spiro atoms. The molecule has 6 nitrogen and oxygen atoms in total. The minimum absolute atomic E-state index is 0.0146. The third-order valence-corrected chi connectivity index (χ3v) is 3.80. The fraction of sp³-hybridized carbons (Fsp3) is 0.400. The van der Waals surface area contributed by atoms with E-state index >= 15 is 0 Å². The summed E-state index contributed by atoms with van der Waals surface area (Å²) in [4.78, 5) is 18.5. The first-order chi connectivity index (χ1) is 10.2. The van der Waals surface area contributed by atoms with E-state index < -0.39 is 0 Å². The SMILES string of the molecule is CNC(=O)[C@@H]1Cc2ccccc2CN1Cc1nc(C)no1. The molecular weight excluding hydrogens is 268 g/mol. The van der Waals surface area contributed by atoms with Crippen molar-refractivity contribution >= 4 is 5.91 Å². The van der Waals surface area contributed by atoms with Crippen LogP contribution < -0.4 is 5.32 Å². The summed E-state index contributed by atoms with van der Waals surface area (Å²) in [6.07, 6.45) is 0.697. The lowest BCUT2D eigenvalue weighted by Crippen LogP contribution is -2.49. The largest absolute Gasteiger partial charge is 0.358 e. The lowest BCUT2D eigenvalue weighted by Gasteiger charge is -2.34. The number of rotatable bonds is 3. The Labute approximate surface area is 123 Å². The number of aromatic nitrogens is 2. The van der Waals surface area contributed by atoms with Crippen LogP contribution in [-0.2, 0) is 24.3 Å². The Balaban J connectivity index is 1.87. The maximum Gasteiger partial charge on any atom is 0.240 e. The van der Waals surface area contributed by atoms with Crippen LogP contribution in [0.25, 0.3) is 0 Å². The zero-order valence-corrected chi connectivity index (χ0v) is 12.2. The molecule has 2 heterocycles. The van der Waals surface area contributed by atoms with E-state index in [1.165, 1.54) is 11.1 Å². The minimum atomic E-state index is -0.211. The van der Waals surface area contributed by atoms with Gasteiger partial charge in [-0.3, -0.25) is 9.69 Å². The fourth-order valence-corrected chi connectivity index (χ4v) is 2.75. The molecule has 1 aliphatic heterocycles. The van der Waals surface area contributed by atoms with E-state index in [0.717, 1.165) is 0 Å². The number of likely N-dealkylation sites (N-methyl/N-ethyl adjacent to an activating group) is 1. The molecule has 1 amide bonds. The van der Waals surface area contributed by atoms with Gasteiger partial charge in [0.1, 0.15) is 0 Å². The molecule has 1 aromatic heterocycles. The molecule has 1 atom stereocenters. The zero-order valence-electron chi connectivity index (χ0n) is 12.2. The smallest absolute Gasteiger partial charge is 0.240 e. The van der Waals surface area contributed by atoms with E-state index in [0.29, 0.717) is 31.2 Å². The number of carbonyl (C=O) groups is 1. The van der Waals surface area contributed by atoms with Crippen LogP contribution in [-0.4, -0.2) is 34.0 Å². The molecule has 1 aromatic carbocycles. The molecule has 6 heteroatoms. The van der Waals surface area contributed by atoms with Crippen LogP contribution in [0.4, 0.5) is 0 Å². The van der Waals surface area contributed by atoms with Crippen LogP contribution in [0.5, 0.6) is 0 Å². The number of hydrogen-bond acceptors (Lipinski definition) is 5. The van der Waals surface area contributed by atoms with Crippen molar-refractivity contribution in [3.63, 3.8) is 0 Å². The number of amides is 1. The first-order valence-electron chi connectivity index (χ1n) is 6.99. The third-order valence-electron chi connectivity index (χ3n) is 3.80. The van der Waals surface area contributed by atoms with E-state index in [1.54, 1.807) is 14.0 Å². The van der Waals surface area contributed by atoms with Gasteiger partial charge in [0.05, 0.1) is 12.6 Å². The lowest BCUT2D eigenvalue weighted by atomic mass is 9.93. The van der Waals surface area contributed by atoms with Crippen molar-refractivity contribution in [1.82, 2.24) is 20.4 Å². The van der Waals surface area contributed by atoms with Gasteiger partial charge in [-0.1, -0.05) is 29.4 Å². The Hall–Kier alpha value is -2.21. The monoisotopic (exact) mass is 286 g/mol. The molecule has 110 valence electrons. The summed E-state index contributed by atoms with van der Waals surface area (Å²) in [6.45, 7) is 2.97. The molecule has 21 heavy (non-hydrogen) atoms. The van der Waals surface area contributed by atoms with Crippen molar-refractivity contribution in [2.45, 2.75) is 32.5 Å². The van der Waals surface area contributed by atoms with Gasteiger partial charge in [0.2, 0.25) is 11.8 Å². The molecule has 0 aliphatic carbocycles. The van der Waals surface area contributed by atoms with E-state index in [1.807, 2.05) is 12.1 Å². The van der Waals surface area contributed by atoms with Gasteiger partial charge in [-0.25, -0.2) is 0 Å². The topological polar surface area (TPSA) is 71.3 Å². The van der Waals surface area contributed by atoms with E-state index in [-0.39, 0.29) is 11.9 Å². The zero-order chi connectivity index (χ0) is 14.8. The number of benzene rings is 1. The number of aryl methyl sites for hydroxylation is 1. The second kappa shape index (κ2) is 5.65. The number of fused-ring (bicyclic) bond motifs is 1. The minimum Gasteiger partial charge on any atom is -0.358 e. The number of hydrogen-bond donors (Lipinski definition) is 1. The second-order valence-corrected chi connectivity index (χ2v) is 5.24. The average Bonchev–Trinajstić information content (AvgIpc) is 2.91. The molecule has 1 aliphatic rings. The molecule has 0 saturated heterocycles. The summed E-state index contributed by atoms with van der Waals surface area (Å²) >= 11 is 0. The number of carbonyl (C=O) groups excluding carboxylic acids is 1. The van der Waals surface area contributed by atoms with Gasteiger partial charge in [0, 0.05) is 13.6 Å². The van der Waals surface area contributed by atoms with Gasteiger partial charge >= 0.3 is 0 Å². The molecule has 0 radical (unpaired) electrons. The molecule has 0 unspecified atom stereocenters. The maximum absolute atomic E-state index is 12.2. The van der Waals surface area contributed by atoms with Gasteiger partial charge in [-0.2, -0.15) is 4.98 Å². The van der Waals surface area contributed by atoms with Gasteiger partial charge in [-0.05, 0) is 24.5 Å². The van der Waals surface area contributed by atoms with Gasteiger partial charge in [-0.15, -0.1) is 0 Å². The third kappa shape index (κ3) is 2.80. The van der Waals surface area contributed by atoms with E-state index in [2.05, 4.69) is 32.5 Å². The van der Waals surface area contributed by atoms with Crippen LogP contribution in [0.1, 0.15) is 22.8 Å². The van der Waals surface area contributed by atoms with Crippen molar-refractivity contribution in [3.8, 4) is 0 Å². The standard InChI is InChI=1S/C15H18N4O2/c1-10-17-14(21-18-10)9-19-8-12-6-4-3-5-11(12)7-13(19)15(20)16-2/h3-6,13H,7-9H2,1-2H3,(H,16,20)/t13-/m0/s1. The number of nitrogens with one attached hydrogen (secondary N) is 1. The normalized spacial score (nSPS) is 18.3. The first kappa shape index (κ1) is 13.8. The fourth-order valence-electron chi connectivity index (χ4n) is 2.75. The van der Waals surface area contributed by atoms with Crippen molar-refractivity contribution in [2.24, 2.45) is 0 Å². The Morgan fingerprint density at radius 2 is 2.19 bits per heavy atom. The lowest BCUT2D eigenvalue weighted by molar-refractivity contribution is -0.126. The highest BCUT2D eigenvalue weighted by Crippen LogP contribution is 2.24. The van der Waals surface area contributed by atoms with Crippen LogP contribution in [0.15, 0.2) is 28.8 Å². The molecule has 3 rings (SSSR count). The van der Waals surface area contributed by atoms with Crippen molar-refractivity contribution in [3.05, 3.63) is 47.1 Å². The van der Waals surface area contributed by atoms with Crippen molar-refractivity contribution in [1.29, 1.82) is 0 Å². The summed E-state index contributed by atoms with van der Waals surface area (Å²) in [5, 5.41) is 6.54. The highest BCUT2D eigenvalue weighted by molar-refractivity contribution is 5.82. The Bertz CT molecular complexity index is 653.